The number of benzene rings is 2. The van der Waals surface area contributed by atoms with E-state index in [1.807, 2.05) is 54.6 Å². The van der Waals surface area contributed by atoms with Crippen LogP contribution in [-0.4, -0.2) is 11.9 Å². The van der Waals surface area contributed by atoms with E-state index in [0.29, 0.717) is 0 Å². The molecule has 2 aromatic rings. The molecular weight excluding hydrogens is 264 g/mol. The van der Waals surface area contributed by atoms with Crippen LogP contribution in [0.2, 0.25) is 0 Å². The molecule has 0 spiro atoms. The van der Waals surface area contributed by atoms with Crippen molar-refractivity contribution >= 4 is 5.91 Å². The summed E-state index contributed by atoms with van der Waals surface area (Å²) in [6.07, 6.45) is 1.69. The highest BCUT2D eigenvalue weighted by Crippen LogP contribution is 2.30. The molecule has 21 heavy (non-hydrogen) atoms. The van der Waals surface area contributed by atoms with Crippen LogP contribution in [0.4, 0.5) is 0 Å². The first-order valence-corrected chi connectivity index (χ1v) is 7.10. The van der Waals surface area contributed by atoms with Crippen LogP contribution in [0, 0.1) is 0 Å². The van der Waals surface area contributed by atoms with Gasteiger partial charge in [-0.25, -0.2) is 0 Å². The predicted molar refractivity (Wildman–Crippen MR) is 81.1 cm³/mol. The lowest BCUT2D eigenvalue weighted by Crippen LogP contribution is -2.37. The van der Waals surface area contributed by atoms with E-state index in [1.54, 1.807) is 0 Å². The number of hydrogen-bond acceptors (Lipinski definition) is 3. The molecule has 3 rings (SSSR count). The Morgan fingerprint density at radius 3 is 2.52 bits per heavy atom. The van der Waals surface area contributed by atoms with Crippen molar-refractivity contribution in [1.29, 1.82) is 0 Å². The van der Waals surface area contributed by atoms with Crippen LogP contribution in [0.25, 0.3) is 0 Å². The van der Waals surface area contributed by atoms with E-state index in [2.05, 4.69) is 5.32 Å². The van der Waals surface area contributed by atoms with E-state index in [0.717, 1.165) is 29.9 Å². The van der Waals surface area contributed by atoms with Crippen molar-refractivity contribution in [2.75, 3.05) is 0 Å². The average Bonchev–Trinajstić information content (AvgIpc) is 2.99. The number of carbonyl (C=O) groups excluding carboxylic acids is 1. The zero-order chi connectivity index (χ0) is 14.7. The number of hydrogen-bond donors (Lipinski definition) is 2. The lowest BCUT2D eigenvalue weighted by Gasteiger charge is -2.14. The van der Waals surface area contributed by atoms with E-state index >= 15 is 0 Å². The third-order valence-corrected chi connectivity index (χ3v) is 3.73. The molecule has 4 nitrogen and oxygen atoms in total. The number of nitrogens with one attached hydrogen (secondary N) is 1. The molecule has 0 bridgehead atoms. The van der Waals surface area contributed by atoms with E-state index in [4.69, 9.17) is 10.5 Å². The smallest absolute Gasteiger partial charge is 0.234 e. The topological polar surface area (TPSA) is 64.4 Å². The summed E-state index contributed by atoms with van der Waals surface area (Å²) in [6.45, 7) is 0. The predicted octanol–water partition coefficient (Wildman–Crippen LogP) is 2.76. The molecule has 0 radical (unpaired) electrons. The summed E-state index contributed by atoms with van der Waals surface area (Å²) in [4.78, 5) is 11.2. The van der Waals surface area contributed by atoms with Crippen molar-refractivity contribution in [3.8, 4) is 11.5 Å². The molecule has 0 saturated carbocycles. The lowest BCUT2D eigenvalue weighted by atomic mass is 10.1. The molecular formula is C17H18N2O2. The van der Waals surface area contributed by atoms with Crippen LogP contribution in [-0.2, 0) is 4.79 Å². The van der Waals surface area contributed by atoms with Crippen LogP contribution in [0.15, 0.2) is 54.6 Å². The van der Waals surface area contributed by atoms with Crippen molar-refractivity contribution in [2.45, 2.75) is 24.9 Å². The Labute approximate surface area is 123 Å². The molecule has 0 unspecified atom stereocenters. The van der Waals surface area contributed by atoms with Crippen LogP contribution >= 0.6 is 0 Å². The van der Waals surface area contributed by atoms with Gasteiger partial charge in [0.15, 0.2) is 0 Å². The van der Waals surface area contributed by atoms with Gasteiger partial charge in [0, 0.05) is 6.04 Å². The molecule has 1 amide bonds. The molecule has 1 aliphatic rings. The van der Waals surface area contributed by atoms with Gasteiger partial charge in [-0.2, -0.15) is 0 Å². The number of rotatable bonds is 4. The minimum atomic E-state index is -0.283. The number of amides is 1. The fourth-order valence-corrected chi connectivity index (χ4v) is 2.65. The van der Waals surface area contributed by atoms with Crippen molar-refractivity contribution in [3.63, 3.8) is 0 Å². The summed E-state index contributed by atoms with van der Waals surface area (Å²) < 4.78 is 5.83. The van der Waals surface area contributed by atoms with Crippen LogP contribution in [0.1, 0.15) is 24.4 Å². The molecule has 2 aromatic carbocycles. The van der Waals surface area contributed by atoms with Crippen molar-refractivity contribution in [1.82, 2.24) is 5.32 Å². The summed E-state index contributed by atoms with van der Waals surface area (Å²) in [5.74, 6) is 1.32. The zero-order valence-electron chi connectivity index (χ0n) is 11.7. The van der Waals surface area contributed by atoms with Gasteiger partial charge in [-0.1, -0.05) is 30.3 Å². The molecule has 1 fully saturated rings. The van der Waals surface area contributed by atoms with Gasteiger partial charge in [0.25, 0.3) is 0 Å². The van der Waals surface area contributed by atoms with E-state index < -0.39 is 0 Å². The number of ether oxygens (including phenoxy) is 1. The number of nitrogens with two attached hydrogens (primary N) is 1. The second-order valence-corrected chi connectivity index (χ2v) is 5.24. The molecule has 0 aliphatic carbocycles. The first kappa shape index (κ1) is 13.6. The third-order valence-electron chi connectivity index (χ3n) is 3.73. The summed E-state index contributed by atoms with van der Waals surface area (Å²) in [5, 5.41) is 3.27. The normalized spacial score (nSPS) is 21.1. The average molecular weight is 282 g/mol. The first-order chi connectivity index (χ1) is 10.2. The Bertz CT molecular complexity index is 628. The first-order valence-electron chi connectivity index (χ1n) is 7.10. The quantitative estimate of drug-likeness (QED) is 0.906. The van der Waals surface area contributed by atoms with Crippen LogP contribution < -0.4 is 15.8 Å². The summed E-state index contributed by atoms with van der Waals surface area (Å²) >= 11 is 0. The zero-order valence-corrected chi connectivity index (χ0v) is 11.7. The molecule has 0 aromatic heterocycles. The maximum Gasteiger partial charge on any atom is 0.234 e. The van der Waals surface area contributed by atoms with Gasteiger partial charge in [-0.05, 0) is 42.7 Å². The fraction of sp³-hybridized carbons (Fsp3) is 0.235. The molecule has 1 saturated heterocycles. The number of carbonyl (C=O) groups is 1. The minimum absolute atomic E-state index is 0.154. The second-order valence-electron chi connectivity index (χ2n) is 5.24. The van der Waals surface area contributed by atoms with E-state index in [1.165, 1.54) is 0 Å². The number of para-hydroxylation sites is 1. The Morgan fingerprint density at radius 2 is 1.81 bits per heavy atom. The van der Waals surface area contributed by atoms with Gasteiger partial charge < -0.3 is 10.5 Å². The van der Waals surface area contributed by atoms with Gasteiger partial charge in [0.2, 0.25) is 5.91 Å². The highest BCUT2D eigenvalue weighted by molar-refractivity contribution is 5.80. The summed E-state index contributed by atoms with van der Waals surface area (Å²) in [5.41, 5.74) is 6.46. The highest BCUT2D eigenvalue weighted by atomic mass is 16.5. The largest absolute Gasteiger partial charge is 0.457 e. The molecule has 108 valence electrons. The Balaban J connectivity index is 1.73. The van der Waals surface area contributed by atoms with Gasteiger partial charge in [-0.15, -0.1) is 0 Å². The van der Waals surface area contributed by atoms with E-state index in [9.17, 15) is 4.79 Å². The molecule has 1 heterocycles. The monoisotopic (exact) mass is 282 g/mol. The Hall–Kier alpha value is -2.33. The highest BCUT2D eigenvalue weighted by Gasteiger charge is 2.28. The van der Waals surface area contributed by atoms with Gasteiger partial charge in [-0.3, -0.25) is 10.1 Å². The summed E-state index contributed by atoms with van der Waals surface area (Å²) in [6, 6.07) is 17.5. The maximum atomic E-state index is 11.2. The van der Waals surface area contributed by atoms with Crippen LogP contribution in [0.5, 0.6) is 11.5 Å². The van der Waals surface area contributed by atoms with Gasteiger partial charge >= 0.3 is 0 Å². The summed E-state index contributed by atoms with van der Waals surface area (Å²) in [7, 11) is 0. The van der Waals surface area contributed by atoms with Gasteiger partial charge in [0.05, 0.1) is 6.04 Å². The van der Waals surface area contributed by atoms with E-state index in [-0.39, 0.29) is 18.0 Å². The SMILES string of the molecule is NC(=O)[C@@H]1CC[C@H](c2cccc(Oc3ccccc3)c2)N1. The number of primary amides is 1. The molecule has 3 N–H and O–H groups in total. The standard InChI is InChI=1S/C17H18N2O2/c18-17(20)16-10-9-15(19-16)12-5-4-8-14(11-12)21-13-6-2-1-3-7-13/h1-8,11,15-16,19H,9-10H2,(H2,18,20)/t15-,16+/m1/s1. The maximum absolute atomic E-state index is 11.2. The molecule has 2 atom stereocenters. The van der Waals surface area contributed by atoms with Crippen molar-refractivity contribution in [3.05, 3.63) is 60.2 Å². The van der Waals surface area contributed by atoms with Crippen LogP contribution in [0.3, 0.4) is 0 Å². The van der Waals surface area contributed by atoms with Crippen molar-refractivity contribution < 1.29 is 9.53 Å². The lowest BCUT2D eigenvalue weighted by molar-refractivity contribution is -0.119. The molecule has 1 aliphatic heterocycles. The fourth-order valence-electron chi connectivity index (χ4n) is 2.65. The van der Waals surface area contributed by atoms with Crippen molar-refractivity contribution in [2.24, 2.45) is 5.73 Å². The Kier molecular flexibility index (Phi) is 3.88. The third kappa shape index (κ3) is 3.23. The minimum Gasteiger partial charge on any atom is -0.457 e. The van der Waals surface area contributed by atoms with Gasteiger partial charge in [0.1, 0.15) is 11.5 Å². The molecule has 4 heteroatoms. The second kappa shape index (κ2) is 5.97. The Morgan fingerprint density at radius 1 is 1.05 bits per heavy atom.